The van der Waals surface area contributed by atoms with Gasteiger partial charge in [0.05, 0.1) is 30.5 Å². The summed E-state index contributed by atoms with van der Waals surface area (Å²) in [5.74, 6) is -1.81. The molecule has 5 rings (SSSR count). The number of sulfonamides is 1. The van der Waals surface area contributed by atoms with Gasteiger partial charge in [-0.1, -0.05) is 27.7 Å². The fourth-order valence-corrected chi connectivity index (χ4v) is 5.97. The fourth-order valence-electron chi connectivity index (χ4n) is 4.58. The molecule has 0 spiro atoms. The number of halogens is 3. The number of aliphatic carboxylic acids is 1. The lowest BCUT2D eigenvalue weighted by Crippen LogP contribution is -2.37. The maximum absolute atomic E-state index is 13.6. The number of hydrogen-bond acceptors (Lipinski definition) is 9. The monoisotopic (exact) mass is 619 g/mol. The normalized spacial score (nSPS) is 13.6. The van der Waals surface area contributed by atoms with Crippen molar-refractivity contribution in [2.75, 3.05) is 32.6 Å². The minimum atomic E-state index is -5.19. The van der Waals surface area contributed by atoms with Crippen LogP contribution in [-0.4, -0.2) is 63.2 Å². The van der Waals surface area contributed by atoms with Gasteiger partial charge in [-0.25, -0.2) is 0 Å². The minimum Gasteiger partial charge on any atom is -0.542 e. The largest absolute Gasteiger partial charge is 0.542 e. The molecule has 14 heteroatoms. The van der Waals surface area contributed by atoms with Gasteiger partial charge in [-0.15, -0.1) is 0 Å². The number of nitrogens with zero attached hydrogens (tertiary/aromatic N) is 2. The van der Waals surface area contributed by atoms with E-state index in [0.717, 1.165) is 16.7 Å². The number of phenolic OH excluding ortho intramolecular Hbond substituents is 1. The van der Waals surface area contributed by atoms with Crippen LogP contribution in [0.4, 0.5) is 24.5 Å². The number of alkyl halides is 3. The van der Waals surface area contributed by atoms with Crippen LogP contribution in [0, 0.1) is 6.92 Å². The van der Waals surface area contributed by atoms with Gasteiger partial charge in [0.1, 0.15) is 10.9 Å². The maximum Gasteiger partial charge on any atom is 0.430 e. The molecule has 228 valence electrons. The smallest absolute Gasteiger partial charge is 0.430 e. The lowest BCUT2D eigenvalue weighted by Gasteiger charge is -2.12. The van der Waals surface area contributed by atoms with Crippen molar-refractivity contribution in [2.24, 2.45) is 4.99 Å². The molecule has 0 saturated heterocycles. The van der Waals surface area contributed by atoms with Gasteiger partial charge in [0.15, 0.2) is 17.7 Å². The van der Waals surface area contributed by atoms with Crippen molar-refractivity contribution in [1.82, 2.24) is 0 Å². The summed E-state index contributed by atoms with van der Waals surface area (Å²) >= 11 is 0. The average Bonchev–Trinajstić information content (AvgIpc) is 3.37. The van der Waals surface area contributed by atoms with Crippen LogP contribution in [-0.2, 0) is 21.2 Å². The van der Waals surface area contributed by atoms with Crippen LogP contribution in [0.15, 0.2) is 58.4 Å². The number of aromatic hydroxyl groups is 1. The van der Waals surface area contributed by atoms with E-state index in [2.05, 4.69) is 10.3 Å². The van der Waals surface area contributed by atoms with Crippen LogP contribution in [0.25, 0.3) is 5.57 Å². The topological polar surface area (TPSA) is 140 Å². The molecule has 43 heavy (non-hydrogen) atoms. The van der Waals surface area contributed by atoms with E-state index in [1.165, 1.54) is 3.98 Å². The molecule has 0 aliphatic carbocycles. The molecular formula is C29H28F3N3O7S. The summed E-state index contributed by atoms with van der Waals surface area (Å²) in [4.78, 5) is 13.6. The molecule has 2 aliphatic heterocycles. The molecule has 3 aromatic carbocycles. The van der Waals surface area contributed by atoms with Crippen molar-refractivity contribution in [3.8, 4) is 17.2 Å². The third-order valence-corrected chi connectivity index (χ3v) is 8.39. The molecule has 2 aliphatic rings. The first-order chi connectivity index (χ1) is 20.3. The molecule has 0 bridgehead atoms. The summed E-state index contributed by atoms with van der Waals surface area (Å²) in [5.41, 5.74) is 3.54. The fraction of sp³-hybridized carbons (Fsp3) is 0.276. The molecule has 0 radical (unpaired) electrons. The Hall–Kier alpha value is -4.59. The third kappa shape index (κ3) is 6.58. The van der Waals surface area contributed by atoms with Crippen molar-refractivity contribution in [3.05, 3.63) is 70.2 Å². The first kappa shape index (κ1) is 31.3. The summed E-state index contributed by atoms with van der Waals surface area (Å²) in [6, 6.07) is 14.2. The number of benzene rings is 3. The zero-order chi connectivity index (χ0) is 31.5. The van der Waals surface area contributed by atoms with Crippen LogP contribution >= 0.6 is 0 Å². The highest BCUT2D eigenvalue weighted by Crippen LogP contribution is 2.36. The molecule has 2 heterocycles. The van der Waals surface area contributed by atoms with E-state index in [0.29, 0.717) is 53.7 Å². The number of methoxy groups -OCH3 is 2. The predicted molar refractivity (Wildman–Crippen MR) is 149 cm³/mol. The molecular weight excluding hydrogens is 591 g/mol. The van der Waals surface area contributed by atoms with E-state index in [1.54, 1.807) is 50.8 Å². The van der Waals surface area contributed by atoms with E-state index in [-0.39, 0.29) is 16.3 Å². The number of carbonyl (C=O) groups is 1. The second-order valence-electron chi connectivity index (χ2n) is 9.57. The number of anilines is 1. The molecule has 0 amide bonds. The lowest BCUT2D eigenvalue weighted by molar-refractivity contribution is -0.344. The Kier molecular flexibility index (Phi) is 8.99. The molecule has 10 nitrogen and oxygen atoms in total. The summed E-state index contributed by atoms with van der Waals surface area (Å²) in [6.07, 6.45) is -2.31. The molecule has 2 N–H and O–H groups in total. The van der Waals surface area contributed by atoms with E-state index in [9.17, 15) is 26.7 Å². The SMILES string of the molecule is COc1ccc(CCNc2cc3c4c(c2O)[N+](S(=O)(=O)c2ccc(C)cc2)=CC=4CCN=3)cc1OC.O=C([O-])C(F)(F)F. The zero-order valence-corrected chi connectivity index (χ0v) is 24.2. The van der Waals surface area contributed by atoms with Gasteiger partial charge in [0.25, 0.3) is 5.69 Å². The van der Waals surface area contributed by atoms with Gasteiger partial charge < -0.3 is 29.8 Å². The van der Waals surface area contributed by atoms with Gasteiger partial charge in [-0.3, -0.25) is 4.99 Å². The molecule has 0 fully saturated rings. The lowest BCUT2D eigenvalue weighted by atomic mass is 10.1. The second-order valence-corrected chi connectivity index (χ2v) is 11.4. The predicted octanol–water partition coefficient (Wildman–Crippen LogP) is 1.96. The number of carboxylic acid groups (broad SMARTS) is 1. The zero-order valence-electron chi connectivity index (χ0n) is 23.4. The first-order valence-electron chi connectivity index (χ1n) is 12.9. The van der Waals surface area contributed by atoms with Crippen LogP contribution < -0.4 is 30.5 Å². The Morgan fingerprint density at radius 1 is 1.09 bits per heavy atom. The van der Waals surface area contributed by atoms with Crippen molar-refractivity contribution in [1.29, 1.82) is 0 Å². The Balaban J connectivity index is 0.000000541. The van der Waals surface area contributed by atoms with Crippen LogP contribution in [0.1, 0.15) is 17.5 Å². The van der Waals surface area contributed by atoms with Crippen LogP contribution in [0.2, 0.25) is 0 Å². The van der Waals surface area contributed by atoms with E-state index < -0.39 is 22.2 Å². The highest BCUT2D eigenvalue weighted by atomic mass is 32.2. The third-order valence-electron chi connectivity index (χ3n) is 6.72. The summed E-state index contributed by atoms with van der Waals surface area (Å²) in [5, 5.41) is 24.7. The highest BCUT2D eigenvalue weighted by molar-refractivity contribution is 7.85. The number of ether oxygens (including phenoxy) is 2. The molecule has 0 atom stereocenters. The van der Waals surface area contributed by atoms with Crippen molar-refractivity contribution in [3.63, 3.8) is 0 Å². The summed E-state index contributed by atoms with van der Waals surface area (Å²) < 4.78 is 70.6. The molecule has 0 unspecified atom stereocenters. The van der Waals surface area contributed by atoms with E-state index in [1.807, 2.05) is 25.1 Å². The van der Waals surface area contributed by atoms with Gasteiger partial charge in [0, 0.05) is 18.7 Å². The van der Waals surface area contributed by atoms with Gasteiger partial charge in [-0.2, -0.15) is 21.6 Å². The van der Waals surface area contributed by atoms with Crippen LogP contribution in [0.5, 0.6) is 17.2 Å². The number of carbonyl (C=O) groups excluding carboxylic acids is 1. The number of nitrogens with one attached hydrogen (secondary N) is 1. The Bertz CT molecular complexity index is 1820. The average molecular weight is 620 g/mol. The van der Waals surface area contributed by atoms with E-state index >= 15 is 0 Å². The van der Waals surface area contributed by atoms with E-state index in [4.69, 9.17) is 19.4 Å². The Labute approximate surface area is 245 Å². The Morgan fingerprint density at radius 3 is 2.35 bits per heavy atom. The quantitative estimate of drug-likeness (QED) is 0.288. The highest BCUT2D eigenvalue weighted by Gasteiger charge is 2.39. The standard InChI is InChI=1S/C27H27N3O5S.C2HF3O2/c1-17-4-7-20(8-5-17)36(32,33)30-16-19-11-13-28-21-15-22(27(31)26(30)25(19)21)29-12-10-18-6-9-23(34-2)24(14-18)35-3;3-2(4,5)1(6)7/h4-9,14-16H,10-13H2,1-3H3,(H,28,29);(H,6,7). The maximum atomic E-state index is 13.6. The second kappa shape index (κ2) is 12.3. The number of phenols is 1. The first-order valence-corrected chi connectivity index (χ1v) is 14.3. The minimum absolute atomic E-state index is 0.111. The number of rotatable bonds is 8. The number of hydrogen-bond donors (Lipinski definition) is 2. The van der Waals surface area contributed by atoms with Gasteiger partial charge in [0.2, 0.25) is 5.75 Å². The van der Waals surface area contributed by atoms with Crippen molar-refractivity contribution >= 4 is 39.2 Å². The Morgan fingerprint density at radius 2 is 1.74 bits per heavy atom. The summed E-state index contributed by atoms with van der Waals surface area (Å²) in [7, 11) is -0.730. The molecule has 0 aromatic heterocycles. The van der Waals surface area contributed by atoms with Crippen molar-refractivity contribution in [2.45, 2.75) is 30.8 Å². The molecule has 3 aromatic rings. The summed E-state index contributed by atoms with van der Waals surface area (Å²) in [6.45, 7) is 2.97. The molecule has 0 saturated carbocycles. The number of carboxylic acids is 1. The number of aryl methyl sites for hydroxylation is 1. The van der Waals surface area contributed by atoms with Gasteiger partial charge in [-0.05, 0) is 55.7 Å². The van der Waals surface area contributed by atoms with Crippen LogP contribution in [0.3, 0.4) is 0 Å². The van der Waals surface area contributed by atoms with Gasteiger partial charge >= 0.3 is 16.2 Å². The van der Waals surface area contributed by atoms with Crippen molar-refractivity contribution < 1.29 is 50.1 Å².